The van der Waals surface area contributed by atoms with Gasteiger partial charge in [0.15, 0.2) is 0 Å². The fraction of sp³-hybridized carbons (Fsp3) is 0.300. The van der Waals surface area contributed by atoms with E-state index in [1.165, 1.54) is 16.4 Å². The summed E-state index contributed by atoms with van der Waals surface area (Å²) in [5, 5.41) is 3.80. The van der Waals surface area contributed by atoms with Gasteiger partial charge in [0.1, 0.15) is 22.3 Å². The molecule has 1 aliphatic rings. The molecule has 4 rings (SSSR count). The maximum atomic E-state index is 14.0. The molecule has 1 unspecified atom stereocenters. The molecular weight excluding hydrogens is 419 g/mol. The highest BCUT2D eigenvalue weighted by molar-refractivity contribution is 7.89. The van der Waals surface area contributed by atoms with Crippen molar-refractivity contribution in [3.8, 4) is 11.4 Å². The molecule has 1 fully saturated rings. The van der Waals surface area contributed by atoms with Crippen LogP contribution in [-0.2, 0) is 16.4 Å². The smallest absolute Gasteiger partial charge is 0.245 e. The summed E-state index contributed by atoms with van der Waals surface area (Å²) in [6.45, 7) is 0.372. The van der Waals surface area contributed by atoms with Crippen molar-refractivity contribution < 1.29 is 26.1 Å². The lowest BCUT2D eigenvalue weighted by Crippen LogP contribution is -2.40. The van der Waals surface area contributed by atoms with Gasteiger partial charge in [-0.25, -0.2) is 21.6 Å². The molecule has 1 aromatic heterocycles. The van der Waals surface area contributed by atoms with Gasteiger partial charge >= 0.3 is 0 Å². The van der Waals surface area contributed by atoms with Gasteiger partial charge in [0.05, 0.1) is 5.56 Å². The van der Waals surface area contributed by atoms with Gasteiger partial charge in [-0.1, -0.05) is 17.3 Å². The quantitative estimate of drug-likeness (QED) is 0.607. The molecule has 6 nitrogen and oxygen atoms in total. The molecule has 30 heavy (non-hydrogen) atoms. The average molecular weight is 437 g/mol. The van der Waals surface area contributed by atoms with Crippen LogP contribution in [0.2, 0.25) is 0 Å². The summed E-state index contributed by atoms with van der Waals surface area (Å²) >= 11 is 0. The molecule has 1 saturated heterocycles. The maximum Gasteiger partial charge on any atom is 0.245 e. The molecule has 0 amide bonds. The fourth-order valence-corrected chi connectivity index (χ4v) is 5.17. The number of hydrogen-bond acceptors (Lipinski definition) is 5. The highest BCUT2D eigenvalue weighted by Crippen LogP contribution is 2.28. The molecule has 2 aromatic carbocycles. The van der Waals surface area contributed by atoms with E-state index >= 15 is 0 Å². The van der Waals surface area contributed by atoms with E-state index in [1.54, 1.807) is 12.1 Å². The molecule has 3 aromatic rings. The topological polar surface area (TPSA) is 76.3 Å². The van der Waals surface area contributed by atoms with Gasteiger partial charge < -0.3 is 4.52 Å². The first kappa shape index (κ1) is 20.5. The van der Waals surface area contributed by atoms with Gasteiger partial charge in [-0.05, 0) is 43.0 Å². The number of piperidine rings is 1. The summed E-state index contributed by atoms with van der Waals surface area (Å²) < 4.78 is 73.1. The molecule has 0 bridgehead atoms. The molecule has 0 aliphatic carbocycles. The molecule has 1 aliphatic heterocycles. The Balaban J connectivity index is 1.49. The largest absolute Gasteiger partial charge is 0.339 e. The minimum absolute atomic E-state index is 0.122. The van der Waals surface area contributed by atoms with E-state index in [0.29, 0.717) is 18.9 Å². The van der Waals surface area contributed by atoms with Crippen molar-refractivity contribution in [1.82, 2.24) is 14.4 Å². The number of benzene rings is 2. The fourth-order valence-electron chi connectivity index (χ4n) is 3.57. The molecule has 0 spiro atoms. The third kappa shape index (κ3) is 4.10. The summed E-state index contributed by atoms with van der Waals surface area (Å²) in [6.07, 6.45) is 1.59. The molecule has 1 atom stereocenters. The van der Waals surface area contributed by atoms with Gasteiger partial charge in [-0.2, -0.15) is 9.29 Å². The second-order valence-electron chi connectivity index (χ2n) is 7.14. The monoisotopic (exact) mass is 437 g/mol. The molecule has 2 heterocycles. The Kier molecular flexibility index (Phi) is 5.61. The maximum absolute atomic E-state index is 14.0. The first-order chi connectivity index (χ1) is 14.3. The molecule has 10 heteroatoms. The van der Waals surface area contributed by atoms with Crippen LogP contribution in [0.4, 0.5) is 13.2 Å². The van der Waals surface area contributed by atoms with Crippen LogP contribution in [0.5, 0.6) is 0 Å². The number of halogens is 3. The minimum Gasteiger partial charge on any atom is -0.339 e. The van der Waals surface area contributed by atoms with E-state index in [-0.39, 0.29) is 36.3 Å². The summed E-state index contributed by atoms with van der Waals surface area (Å²) in [6, 6.07) is 8.45. The van der Waals surface area contributed by atoms with Gasteiger partial charge in [0.25, 0.3) is 0 Å². The Labute approximate surface area is 171 Å². The Bertz CT molecular complexity index is 1170. The van der Waals surface area contributed by atoms with E-state index in [1.807, 2.05) is 0 Å². The predicted octanol–water partition coefficient (Wildman–Crippen LogP) is 3.80. The SMILES string of the molecule is O=S(=O)(c1ccc(F)cc1F)N1CCCC(Cc2nc(-c3ccccc3F)no2)C1. The van der Waals surface area contributed by atoms with E-state index in [4.69, 9.17) is 4.52 Å². The molecule has 158 valence electrons. The van der Waals surface area contributed by atoms with Crippen LogP contribution in [0, 0.1) is 23.4 Å². The zero-order valence-electron chi connectivity index (χ0n) is 15.8. The van der Waals surface area contributed by atoms with Gasteiger partial charge in [0, 0.05) is 25.6 Å². The summed E-state index contributed by atoms with van der Waals surface area (Å²) in [4.78, 5) is 3.67. The molecule has 0 saturated carbocycles. The second-order valence-corrected chi connectivity index (χ2v) is 9.05. The van der Waals surface area contributed by atoms with Crippen LogP contribution >= 0.6 is 0 Å². The van der Waals surface area contributed by atoms with E-state index in [2.05, 4.69) is 10.1 Å². The van der Waals surface area contributed by atoms with Crippen molar-refractivity contribution in [2.45, 2.75) is 24.2 Å². The van der Waals surface area contributed by atoms with Crippen molar-refractivity contribution in [2.24, 2.45) is 5.92 Å². The van der Waals surface area contributed by atoms with Gasteiger partial charge in [-0.3, -0.25) is 0 Å². The van der Waals surface area contributed by atoms with Crippen molar-refractivity contribution in [3.05, 3.63) is 65.8 Å². The normalized spacial score (nSPS) is 17.9. The van der Waals surface area contributed by atoms with Gasteiger partial charge in [-0.15, -0.1) is 0 Å². The first-order valence-corrected chi connectivity index (χ1v) is 10.8. The van der Waals surface area contributed by atoms with Crippen molar-refractivity contribution >= 4 is 10.0 Å². The highest BCUT2D eigenvalue weighted by Gasteiger charge is 2.33. The molecule has 0 N–H and O–H groups in total. The number of sulfonamides is 1. The Hall–Kier alpha value is -2.72. The molecular formula is C20H18F3N3O3S. The Morgan fingerprint density at radius 1 is 1.10 bits per heavy atom. The number of aromatic nitrogens is 2. The van der Waals surface area contributed by atoms with Crippen LogP contribution in [0.3, 0.4) is 0 Å². The van der Waals surface area contributed by atoms with Crippen LogP contribution in [0.15, 0.2) is 51.9 Å². The number of nitrogens with zero attached hydrogens (tertiary/aromatic N) is 3. The Morgan fingerprint density at radius 3 is 2.67 bits per heavy atom. The summed E-state index contributed by atoms with van der Waals surface area (Å²) in [7, 11) is -4.10. The zero-order valence-corrected chi connectivity index (χ0v) is 16.6. The van der Waals surface area contributed by atoms with Crippen LogP contribution in [0.25, 0.3) is 11.4 Å². The zero-order chi connectivity index (χ0) is 21.3. The van der Waals surface area contributed by atoms with Crippen molar-refractivity contribution in [2.75, 3.05) is 13.1 Å². The van der Waals surface area contributed by atoms with Crippen LogP contribution in [-0.4, -0.2) is 36.0 Å². The van der Waals surface area contributed by atoms with Crippen molar-refractivity contribution in [1.29, 1.82) is 0 Å². The lowest BCUT2D eigenvalue weighted by atomic mass is 9.96. The average Bonchev–Trinajstić information content (AvgIpc) is 3.16. The number of rotatable bonds is 5. The third-order valence-electron chi connectivity index (χ3n) is 5.04. The van der Waals surface area contributed by atoms with Gasteiger partial charge in [0.2, 0.25) is 21.7 Å². The lowest BCUT2D eigenvalue weighted by Gasteiger charge is -2.31. The summed E-state index contributed by atoms with van der Waals surface area (Å²) in [5.41, 5.74) is 0.215. The lowest BCUT2D eigenvalue weighted by molar-refractivity contribution is 0.246. The number of hydrogen-bond donors (Lipinski definition) is 0. The second kappa shape index (κ2) is 8.19. The summed E-state index contributed by atoms with van der Waals surface area (Å²) in [5.74, 6) is -2.18. The third-order valence-corrected chi connectivity index (χ3v) is 6.94. The van der Waals surface area contributed by atoms with Crippen molar-refractivity contribution in [3.63, 3.8) is 0 Å². The standard InChI is InChI=1S/C20H18F3N3O3S/c21-14-7-8-18(17(23)11-14)30(27,28)26-9-3-4-13(12-26)10-19-24-20(25-29-19)15-5-1-2-6-16(15)22/h1-2,5-8,11,13H,3-4,9-10,12H2. The van der Waals surface area contributed by atoms with Crippen LogP contribution in [0.1, 0.15) is 18.7 Å². The van der Waals surface area contributed by atoms with E-state index < -0.39 is 32.4 Å². The molecule has 0 radical (unpaired) electrons. The van der Waals surface area contributed by atoms with E-state index in [9.17, 15) is 21.6 Å². The van der Waals surface area contributed by atoms with E-state index in [0.717, 1.165) is 18.6 Å². The minimum atomic E-state index is -4.10. The predicted molar refractivity (Wildman–Crippen MR) is 101 cm³/mol. The first-order valence-electron chi connectivity index (χ1n) is 9.37. The Morgan fingerprint density at radius 2 is 1.90 bits per heavy atom. The highest BCUT2D eigenvalue weighted by atomic mass is 32.2. The van der Waals surface area contributed by atoms with Crippen LogP contribution < -0.4 is 0 Å².